The van der Waals surface area contributed by atoms with Crippen molar-refractivity contribution in [1.29, 1.82) is 0 Å². The summed E-state index contributed by atoms with van der Waals surface area (Å²) in [4.78, 5) is 2.63. The fraction of sp³-hybridized carbons (Fsp3) is 0.588. The van der Waals surface area contributed by atoms with Gasteiger partial charge >= 0.3 is 0 Å². The van der Waals surface area contributed by atoms with Crippen molar-refractivity contribution in [2.45, 2.75) is 57.4 Å². The van der Waals surface area contributed by atoms with E-state index < -0.39 is 0 Å². The molecule has 0 N–H and O–H groups in total. The maximum atomic E-state index is 3.92. The summed E-state index contributed by atoms with van der Waals surface area (Å²) in [7, 11) is 0. The van der Waals surface area contributed by atoms with Crippen molar-refractivity contribution in [2.75, 3.05) is 11.4 Å². The van der Waals surface area contributed by atoms with E-state index in [1.807, 2.05) is 0 Å². The molecule has 1 heteroatoms. The maximum Gasteiger partial charge on any atom is 0.0368 e. The lowest BCUT2D eigenvalue weighted by Gasteiger charge is -2.37. The Bertz CT molecular complexity index is 320. The van der Waals surface area contributed by atoms with E-state index in [2.05, 4.69) is 42.2 Å². The predicted molar refractivity (Wildman–Crippen MR) is 79.9 cm³/mol. The third kappa shape index (κ3) is 3.76. The lowest BCUT2D eigenvalue weighted by molar-refractivity contribution is 0.422. The Hall–Kier alpha value is -0.980. The fourth-order valence-corrected chi connectivity index (χ4v) is 2.99. The Morgan fingerprint density at radius 1 is 1.06 bits per heavy atom. The number of anilines is 1. The minimum absolute atomic E-state index is 0.769. The molecule has 1 radical (unpaired) electrons. The van der Waals surface area contributed by atoms with E-state index in [-0.39, 0.29) is 0 Å². The van der Waals surface area contributed by atoms with E-state index in [4.69, 9.17) is 0 Å². The van der Waals surface area contributed by atoms with Crippen LogP contribution in [-0.2, 0) is 0 Å². The van der Waals surface area contributed by atoms with Crippen molar-refractivity contribution < 1.29 is 0 Å². The van der Waals surface area contributed by atoms with Crippen LogP contribution in [0.2, 0.25) is 0 Å². The van der Waals surface area contributed by atoms with E-state index >= 15 is 0 Å². The monoisotopic (exact) mass is 244 g/mol. The second kappa shape index (κ2) is 7.45. The van der Waals surface area contributed by atoms with Crippen LogP contribution in [0, 0.1) is 6.92 Å². The molecule has 1 aromatic carbocycles. The SMILES string of the molecule is [CH2]CCCCCC1CCCCN1c1ccccc1. The summed E-state index contributed by atoms with van der Waals surface area (Å²) in [6.45, 7) is 5.16. The Balaban J connectivity index is 1.90. The van der Waals surface area contributed by atoms with Crippen LogP contribution < -0.4 is 4.90 Å². The second-order valence-corrected chi connectivity index (χ2v) is 5.38. The Labute approximate surface area is 112 Å². The van der Waals surface area contributed by atoms with Crippen molar-refractivity contribution in [2.24, 2.45) is 0 Å². The predicted octanol–water partition coefficient (Wildman–Crippen LogP) is 4.83. The summed E-state index contributed by atoms with van der Waals surface area (Å²) in [5.74, 6) is 0. The number of benzene rings is 1. The second-order valence-electron chi connectivity index (χ2n) is 5.38. The van der Waals surface area contributed by atoms with Crippen molar-refractivity contribution in [3.63, 3.8) is 0 Å². The molecule has 0 saturated carbocycles. The molecule has 1 heterocycles. The minimum atomic E-state index is 0.769. The van der Waals surface area contributed by atoms with E-state index in [1.165, 1.54) is 57.2 Å². The Morgan fingerprint density at radius 2 is 1.89 bits per heavy atom. The fourth-order valence-electron chi connectivity index (χ4n) is 2.99. The highest BCUT2D eigenvalue weighted by atomic mass is 15.2. The zero-order valence-corrected chi connectivity index (χ0v) is 11.5. The first-order valence-electron chi connectivity index (χ1n) is 7.53. The zero-order valence-electron chi connectivity index (χ0n) is 11.5. The molecule has 1 aromatic rings. The van der Waals surface area contributed by atoms with Crippen LogP contribution in [0.1, 0.15) is 51.4 Å². The van der Waals surface area contributed by atoms with Crippen molar-refractivity contribution in [1.82, 2.24) is 0 Å². The smallest absolute Gasteiger partial charge is 0.0368 e. The third-order valence-electron chi connectivity index (χ3n) is 4.00. The summed E-state index contributed by atoms with van der Waals surface area (Å²) in [5.41, 5.74) is 1.42. The number of para-hydroxylation sites is 1. The first-order chi connectivity index (χ1) is 8.92. The molecule has 1 saturated heterocycles. The van der Waals surface area contributed by atoms with Crippen LogP contribution in [0.4, 0.5) is 5.69 Å². The molecule has 1 nitrogen and oxygen atoms in total. The molecule has 0 aliphatic carbocycles. The van der Waals surface area contributed by atoms with Crippen LogP contribution in [0.25, 0.3) is 0 Å². The quantitative estimate of drug-likeness (QED) is 0.648. The van der Waals surface area contributed by atoms with Crippen LogP contribution in [0.3, 0.4) is 0 Å². The van der Waals surface area contributed by atoms with Crippen LogP contribution in [0.5, 0.6) is 0 Å². The van der Waals surface area contributed by atoms with Gasteiger partial charge < -0.3 is 4.90 Å². The van der Waals surface area contributed by atoms with Gasteiger partial charge in [-0.25, -0.2) is 0 Å². The summed E-state index contributed by atoms with van der Waals surface area (Å²) in [5, 5.41) is 0. The molecule has 2 rings (SSSR count). The minimum Gasteiger partial charge on any atom is -0.369 e. The molecule has 0 amide bonds. The van der Waals surface area contributed by atoms with Crippen LogP contribution in [0.15, 0.2) is 30.3 Å². The van der Waals surface area contributed by atoms with Gasteiger partial charge in [-0.15, -0.1) is 0 Å². The number of rotatable bonds is 6. The van der Waals surface area contributed by atoms with E-state index in [0.717, 1.165) is 12.5 Å². The summed E-state index contributed by atoms with van der Waals surface area (Å²) in [6, 6.07) is 11.7. The van der Waals surface area contributed by atoms with Gasteiger partial charge in [0.05, 0.1) is 0 Å². The van der Waals surface area contributed by atoms with Crippen molar-refractivity contribution in [3.8, 4) is 0 Å². The molecule has 1 aliphatic rings. The molecule has 0 bridgehead atoms. The van der Waals surface area contributed by atoms with Gasteiger partial charge in [-0.05, 0) is 37.8 Å². The average molecular weight is 244 g/mol. The highest BCUT2D eigenvalue weighted by molar-refractivity contribution is 5.47. The highest BCUT2D eigenvalue weighted by Crippen LogP contribution is 2.27. The van der Waals surface area contributed by atoms with Gasteiger partial charge in [0.2, 0.25) is 0 Å². The average Bonchev–Trinajstić information content (AvgIpc) is 2.45. The topological polar surface area (TPSA) is 3.24 Å². The van der Waals surface area contributed by atoms with Gasteiger partial charge in [0.25, 0.3) is 0 Å². The standard InChI is InChI=1S/C17H26N/c1-2-3-4-6-11-17-14-9-10-15-18(17)16-12-7-5-8-13-16/h5,7-8,12-13,17H,1-4,6,9-11,14-15H2. The number of hydrogen-bond acceptors (Lipinski definition) is 1. The highest BCUT2D eigenvalue weighted by Gasteiger charge is 2.21. The molecule has 0 aromatic heterocycles. The van der Waals surface area contributed by atoms with Gasteiger partial charge in [0.1, 0.15) is 0 Å². The molecular weight excluding hydrogens is 218 g/mol. The molecular formula is C17H26N. The van der Waals surface area contributed by atoms with E-state index in [1.54, 1.807) is 0 Å². The van der Waals surface area contributed by atoms with Gasteiger partial charge in [-0.3, -0.25) is 0 Å². The maximum absolute atomic E-state index is 3.92. The zero-order chi connectivity index (χ0) is 12.6. The van der Waals surface area contributed by atoms with Gasteiger partial charge in [-0.2, -0.15) is 0 Å². The molecule has 0 spiro atoms. The normalized spacial score (nSPS) is 20.1. The van der Waals surface area contributed by atoms with Crippen molar-refractivity contribution in [3.05, 3.63) is 37.3 Å². The molecule has 18 heavy (non-hydrogen) atoms. The van der Waals surface area contributed by atoms with E-state index in [9.17, 15) is 0 Å². The van der Waals surface area contributed by atoms with Gasteiger partial charge in [0.15, 0.2) is 0 Å². The lowest BCUT2D eigenvalue weighted by Crippen LogP contribution is -2.39. The summed E-state index contributed by atoms with van der Waals surface area (Å²) < 4.78 is 0. The molecule has 1 aliphatic heterocycles. The molecule has 99 valence electrons. The number of hydrogen-bond donors (Lipinski definition) is 0. The number of unbranched alkanes of at least 4 members (excludes halogenated alkanes) is 3. The van der Waals surface area contributed by atoms with Crippen LogP contribution in [-0.4, -0.2) is 12.6 Å². The molecule has 1 atom stereocenters. The third-order valence-corrected chi connectivity index (χ3v) is 4.00. The summed E-state index contributed by atoms with van der Waals surface area (Å²) in [6.07, 6.45) is 10.6. The van der Waals surface area contributed by atoms with Crippen molar-refractivity contribution >= 4 is 5.69 Å². The molecule has 1 unspecified atom stereocenters. The Kier molecular flexibility index (Phi) is 5.57. The lowest BCUT2D eigenvalue weighted by atomic mass is 9.96. The largest absolute Gasteiger partial charge is 0.369 e. The number of nitrogens with zero attached hydrogens (tertiary/aromatic N) is 1. The van der Waals surface area contributed by atoms with Gasteiger partial charge in [-0.1, -0.05) is 50.8 Å². The van der Waals surface area contributed by atoms with E-state index in [0.29, 0.717) is 0 Å². The summed E-state index contributed by atoms with van der Waals surface area (Å²) >= 11 is 0. The number of piperidine rings is 1. The first kappa shape index (κ1) is 13.5. The molecule has 1 fully saturated rings. The Morgan fingerprint density at radius 3 is 2.67 bits per heavy atom. The first-order valence-corrected chi connectivity index (χ1v) is 7.53. The van der Waals surface area contributed by atoms with Gasteiger partial charge in [0, 0.05) is 18.3 Å². The van der Waals surface area contributed by atoms with Crippen LogP contribution >= 0.6 is 0 Å².